The largest absolute Gasteiger partial charge is 0.396 e. The zero-order valence-electron chi connectivity index (χ0n) is 15.3. The minimum absolute atomic E-state index is 0.0346. The van der Waals surface area contributed by atoms with Gasteiger partial charge in [0.2, 0.25) is 0 Å². The molecule has 3 N–H and O–H groups in total. The molecule has 142 valence electrons. The third kappa shape index (κ3) is 3.32. The summed E-state index contributed by atoms with van der Waals surface area (Å²) in [5.74, 6) is 1.81. The number of benzene rings is 1. The van der Waals surface area contributed by atoms with Gasteiger partial charge in [-0.1, -0.05) is 12.6 Å². The van der Waals surface area contributed by atoms with Crippen LogP contribution < -0.4 is 5.73 Å². The van der Waals surface area contributed by atoms with Gasteiger partial charge < -0.3 is 10.8 Å². The number of nitrogens with zero attached hydrogens (tertiary/aromatic N) is 3. The van der Waals surface area contributed by atoms with Gasteiger partial charge in [0.05, 0.1) is 16.0 Å². The van der Waals surface area contributed by atoms with Gasteiger partial charge in [-0.2, -0.15) is 0 Å². The van der Waals surface area contributed by atoms with Crippen LogP contribution in [0, 0.1) is 17.0 Å². The summed E-state index contributed by atoms with van der Waals surface area (Å²) in [6.07, 6.45) is 4.14. The number of thiophene rings is 1. The Bertz CT molecular complexity index is 1080. The highest BCUT2D eigenvalue weighted by Crippen LogP contribution is 2.44. The molecular weight excluding hydrogens is 394 g/mol. The summed E-state index contributed by atoms with van der Waals surface area (Å²) in [5, 5.41) is 20.8. The molecule has 0 saturated carbocycles. The van der Waals surface area contributed by atoms with Crippen molar-refractivity contribution >= 4 is 50.8 Å². The van der Waals surface area contributed by atoms with Gasteiger partial charge in [0, 0.05) is 35.2 Å². The Kier molecular flexibility index (Phi) is 4.95. The number of nitriles is 1. The molecule has 0 bridgehead atoms. The molecule has 0 aliphatic carbocycles. The lowest BCUT2D eigenvalue weighted by atomic mass is 9.41. The van der Waals surface area contributed by atoms with E-state index in [4.69, 9.17) is 11.0 Å². The summed E-state index contributed by atoms with van der Waals surface area (Å²) in [6.45, 7) is 0.0346. The Morgan fingerprint density at radius 3 is 2.75 bits per heavy atom. The zero-order chi connectivity index (χ0) is 19.9. The lowest BCUT2D eigenvalue weighted by molar-refractivity contribution is 0.0277. The van der Waals surface area contributed by atoms with Crippen LogP contribution in [-0.2, 0) is 5.60 Å². The number of nitrogen functional groups attached to an aromatic ring is 1. The molecule has 2 aromatic heterocycles. The van der Waals surface area contributed by atoms with Crippen molar-refractivity contribution in [2.45, 2.75) is 31.1 Å². The summed E-state index contributed by atoms with van der Waals surface area (Å²) in [5.41, 5.74) is 6.16. The van der Waals surface area contributed by atoms with E-state index in [0.717, 1.165) is 14.4 Å². The Balaban J connectivity index is 1.66. The van der Waals surface area contributed by atoms with Gasteiger partial charge in [-0.05, 0) is 31.0 Å². The van der Waals surface area contributed by atoms with Gasteiger partial charge in [0.25, 0.3) is 6.71 Å². The van der Waals surface area contributed by atoms with Crippen molar-refractivity contribution in [3.8, 4) is 16.5 Å². The summed E-state index contributed by atoms with van der Waals surface area (Å²) in [7, 11) is 1.61. The fourth-order valence-corrected chi connectivity index (χ4v) is 5.92. The number of hydrogen-bond donors (Lipinski definition) is 2. The van der Waals surface area contributed by atoms with Crippen molar-refractivity contribution in [1.82, 2.24) is 4.98 Å². The van der Waals surface area contributed by atoms with Crippen LogP contribution in [0.25, 0.3) is 20.1 Å². The molecule has 28 heavy (non-hydrogen) atoms. The Morgan fingerprint density at radius 1 is 1.36 bits per heavy atom. The van der Waals surface area contributed by atoms with E-state index in [1.165, 1.54) is 35.0 Å². The van der Waals surface area contributed by atoms with Gasteiger partial charge in [-0.3, -0.25) is 4.99 Å². The second-order valence-electron chi connectivity index (χ2n) is 7.08. The number of halogens is 1. The summed E-state index contributed by atoms with van der Waals surface area (Å²) in [4.78, 5) is 10.3. The van der Waals surface area contributed by atoms with Crippen LogP contribution in [0.15, 0.2) is 23.2 Å². The normalized spacial score (nSPS) is 16.7. The molecule has 0 amide bonds. The topological polar surface area (TPSA) is 95.3 Å². The van der Waals surface area contributed by atoms with Crippen LogP contribution in [0.4, 0.5) is 10.1 Å². The van der Waals surface area contributed by atoms with Crippen LogP contribution >= 0.6 is 22.7 Å². The van der Waals surface area contributed by atoms with E-state index in [9.17, 15) is 9.50 Å². The molecular formula is C19H18BFN4OS2. The molecule has 0 atom stereocenters. The van der Waals surface area contributed by atoms with E-state index in [0.29, 0.717) is 41.6 Å². The molecule has 0 unspecified atom stereocenters. The molecule has 1 aliphatic rings. The Morgan fingerprint density at radius 2 is 2.11 bits per heavy atom. The summed E-state index contributed by atoms with van der Waals surface area (Å²) >= 11 is 2.93. The number of aliphatic imine (C=N–C) groups is 1. The molecule has 5 nitrogen and oxygen atoms in total. The predicted octanol–water partition coefficient (Wildman–Crippen LogP) is 4.33. The Hall–Kier alpha value is -2.28. The van der Waals surface area contributed by atoms with Crippen LogP contribution in [-0.4, -0.2) is 30.1 Å². The lowest BCUT2D eigenvalue weighted by Gasteiger charge is -2.32. The molecule has 9 heteroatoms. The molecule has 1 saturated heterocycles. The predicted molar refractivity (Wildman–Crippen MR) is 115 cm³/mol. The van der Waals surface area contributed by atoms with Gasteiger partial charge in [0.15, 0.2) is 0 Å². The van der Waals surface area contributed by atoms with Crippen LogP contribution in [0.5, 0.6) is 0 Å². The molecule has 1 fully saturated rings. The smallest absolute Gasteiger partial charge is 0.268 e. The fraction of sp³-hybridized carbons (Fsp3) is 0.316. The number of anilines is 1. The van der Waals surface area contributed by atoms with Crippen molar-refractivity contribution in [3.05, 3.63) is 34.5 Å². The maximum absolute atomic E-state index is 14.2. The molecule has 1 aromatic carbocycles. The zero-order valence-corrected chi connectivity index (χ0v) is 16.9. The number of hydrogen-bond acceptors (Lipinski definition) is 7. The van der Waals surface area contributed by atoms with Crippen molar-refractivity contribution in [3.63, 3.8) is 0 Å². The van der Waals surface area contributed by atoms with Crippen LogP contribution in [0.1, 0.15) is 23.3 Å². The molecule has 3 heterocycles. The Labute approximate surface area is 170 Å². The van der Waals surface area contributed by atoms with Crippen molar-refractivity contribution in [1.29, 1.82) is 5.26 Å². The molecule has 1 aliphatic heterocycles. The quantitative estimate of drug-likeness (QED) is 0.380. The second kappa shape index (κ2) is 7.28. The van der Waals surface area contributed by atoms with E-state index in [1.54, 1.807) is 13.1 Å². The standard InChI is InChI=1S/C19H18BFN4OS2/c1-24-9-12-6-11(7-13(21)16(12)23)17-25-18-14(27-17)8-15(28-18)19(26)2-4-20(10-22)5-3-19/h6-9,26H,2-5,23H2,1H3. The van der Waals surface area contributed by atoms with E-state index in [1.807, 2.05) is 6.07 Å². The number of nitrogens with two attached hydrogens (primary N) is 1. The molecule has 4 rings (SSSR count). The number of aliphatic hydroxyl groups is 1. The number of aromatic nitrogens is 1. The van der Waals surface area contributed by atoms with Gasteiger partial charge in [0.1, 0.15) is 15.7 Å². The first-order chi connectivity index (χ1) is 13.4. The highest BCUT2D eigenvalue weighted by Gasteiger charge is 2.38. The maximum atomic E-state index is 14.2. The van der Waals surface area contributed by atoms with Crippen LogP contribution in [0.2, 0.25) is 12.6 Å². The molecule has 3 aromatic rings. The number of rotatable bonds is 3. The van der Waals surface area contributed by atoms with Crippen molar-refractivity contribution < 1.29 is 9.50 Å². The fourth-order valence-electron chi connectivity index (χ4n) is 3.57. The molecule has 0 radical (unpaired) electrons. The highest BCUT2D eigenvalue weighted by atomic mass is 32.1. The average Bonchev–Trinajstić information content (AvgIpc) is 3.26. The minimum atomic E-state index is -0.878. The second-order valence-corrected chi connectivity index (χ2v) is 9.14. The lowest BCUT2D eigenvalue weighted by Crippen LogP contribution is -2.33. The SMILES string of the molecule is CN=Cc1cc(-c2nc3sc(C4(O)CCB(C#N)CC4)cc3s2)cc(F)c1N. The van der Waals surface area contributed by atoms with E-state index < -0.39 is 11.4 Å². The number of fused-ring (bicyclic) bond motifs is 1. The van der Waals surface area contributed by atoms with Crippen LogP contribution in [0.3, 0.4) is 0 Å². The number of thiazole rings is 1. The summed E-state index contributed by atoms with van der Waals surface area (Å²) in [6, 6.07) is 5.16. The summed E-state index contributed by atoms with van der Waals surface area (Å²) < 4.78 is 15.2. The highest BCUT2D eigenvalue weighted by molar-refractivity contribution is 7.28. The average molecular weight is 412 g/mol. The first kappa shape index (κ1) is 19.1. The minimum Gasteiger partial charge on any atom is -0.396 e. The third-order valence-corrected chi connectivity index (χ3v) is 7.62. The first-order valence-electron chi connectivity index (χ1n) is 8.98. The monoisotopic (exact) mass is 412 g/mol. The van der Waals surface area contributed by atoms with Crippen molar-refractivity contribution in [2.75, 3.05) is 12.8 Å². The van der Waals surface area contributed by atoms with Gasteiger partial charge >= 0.3 is 0 Å². The van der Waals surface area contributed by atoms with Crippen molar-refractivity contribution in [2.24, 2.45) is 4.99 Å². The van der Waals surface area contributed by atoms with E-state index >= 15 is 0 Å². The van der Waals surface area contributed by atoms with E-state index in [-0.39, 0.29) is 12.4 Å². The van der Waals surface area contributed by atoms with Gasteiger partial charge in [-0.15, -0.1) is 22.7 Å². The first-order valence-corrected chi connectivity index (χ1v) is 10.6. The maximum Gasteiger partial charge on any atom is 0.268 e. The van der Waals surface area contributed by atoms with E-state index in [2.05, 4.69) is 15.9 Å². The molecule has 0 spiro atoms. The third-order valence-electron chi connectivity index (χ3n) is 5.22. The van der Waals surface area contributed by atoms with Gasteiger partial charge in [-0.25, -0.2) is 14.6 Å².